The molecule has 0 spiro atoms. The van der Waals surface area contributed by atoms with E-state index in [0.717, 1.165) is 36.2 Å². The summed E-state index contributed by atoms with van der Waals surface area (Å²) in [6, 6.07) is 21.6. The number of aryl methyl sites for hydroxylation is 2. The summed E-state index contributed by atoms with van der Waals surface area (Å²) in [4.78, 5) is 29.6. The summed E-state index contributed by atoms with van der Waals surface area (Å²) in [6.07, 6.45) is 2.67. The van der Waals surface area contributed by atoms with Gasteiger partial charge < -0.3 is 9.84 Å². The second-order valence-corrected chi connectivity index (χ2v) is 9.31. The summed E-state index contributed by atoms with van der Waals surface area (Å²) < 4.78 is 7.61. The Morgan fingerprint density at radius 2 is 1.68 bits per heavy atom. The predicted molar refractivity (Wildman–Crippen MR) is 146 cm³/mol. The molecule has 1 N–H and O–H groups in total. The first-order chi connectivity index (χ1) is 17.9. The molecule has 0 aliphatic carbocycles. The Balaban J connectivity index is 1.56. The van der Waals surface area contributed by atoms with Crippen LogP contribution in [0.25, 0.3) is 11.1 Å². The number of aromatic carboxylic acids is 1. The Morgan fingerprint density at radius 3 is 2.32 bits per heavy atom. The monoisotopic (exact) mass is 516 g/mol. The molecule has 3 aromatic carbocycles. The summed E-state index contributed by atoms with van der Waals surface area (Å²) in [5, 5.41) is 9.55. The van der Waals surface area contributed by atoms with E-state index in [2.05, 4.69) is 6.92 Å². The molecule has 7 heteroatoms. The highest BCUT2D eigenvalue weighted by Crippen LogP contribution is 2.27. The number of nitrogens with zero attached hydrogens (tertiary/aromatic N) is 2. The molecule has 6 nitrogen and oxygen atoms in total. The first-order valence-electron chi connectivity index (χ1n) is 12.3. The van der Waals surface area contributed by atoms with Crippen molar-refractivity contribution in [3.63, 3.8) is 0 Å². The van der Waals surface area contributed by atoms with Crippen LogP contribution in [0.4, 0.5) is 0 Å². The lowest BCUT2D eigenvalue weighted by Gasteiger charge is -2.17. The minimum Gasteiger partial charge on any atom is -0.489 e. The van der Waals surface area contributed by atoms with Gasteiger partial charge in [-0.25, -0.2) is 9.78 Å². The lowest BCUT2D eigenvalue weighted by Crippen LogP contribution is -2.28. The Morgan fingerprint density at radius 1 is 1.00 bits per heavy atom. The van der Waals surface area contributed by atoms with E-state index in [1.807, 2.05) is 49.4 Å². The lowest BCUT2D eigenvalue weighted by molar-refractivity contribution is 0.0697. The van der Waals surface area contributed by atoms with Crippen molar-refractivity contribution in [2.45, 2.75) is 46.3 Å². The molecule has 0 fully saturated rings. The van der Waals surface area contributed by atoms with E-state index in [-0.39, 0.29) is 11.1 Å². The molecule has 0 unspecified atom stereocenters. The molecule has 37 heavy (non-hydrogen) atoms. The maximum Gasteiger partial charge on any atom is 0.335 e. The van der Waals surface area contributed by atoms with Crippen LogP contribution in [-0.4, -0.2) is 20.6 Å². The number of carboxylic acids is 1. The van der Waals surface area contributed by atoms with E-state index < -0.39 is 5.97 Å². The zero-order valence-electron chi connectivity index (χ0n) is 20.9. The lowest BCUT2D eigenvalue weighted by atomic mass is 10.0. The molecule has 0 aliphatic heterocycles. The Labute approximate surface area is 221 Å². The molecule has 4 aromatic rings. The molecule has 0 radical (unpaired) electrons. The Hall–Kier alpha value is -3.90. The van der Waals surface area contributed by atoms with Gasteiger partial charge in [0.2, 0.25) is 0 Å². The van der Waals surface area contributed by atoms with Crippen LogP contribution in [0.3, 0.4) is 0 Å². The number of rotatable bonds is 10. The van der Waals surface area contributed by atoms with E-state index in [1.54, 1.807) is 34.9 Å². The topological polar surface area (TPSA) is 81.4 Å². The van der Waals surface area contributed by atoms with E-state index in [0.29, 0.717) is 40.7 Å². The fourth-order valence-corrected chi connectivity index (χ4v) is 4.39. The molecular formula is C30H29ClN2O4. The normalized spacial score (nSPS) is 10.9. The van der Waals surface area contributed by atoms with Gasteiger partial charge in [0.05, 0.1) is 23.4 Å². The standard InChI is InChI=1S/C30H29ClN2O4/c1-3-4-9-27-32-20(2)28(25-7-5-6-8-26(25)31)29(34)33(27)18-21-12-16-24(17-13-21)37-19-22-10-14-23(15-11-22)30(35)36/h5-8,10-17H,3-4,9,18-19H2,1-2H3,(H,35,36). The molecule has 0 saturated carbocycles. The number of hydrogen-bond acceptors (Lipinski definition) is 4. The molecule has 0 saturated heterocycles. The third-order valence-electron chi connectivity index (χ3n) is 6.20. The SMILES string of the molecule is CCCCc1nc(C)c(-c2ccccc2Cl)c(=O)n1Cc1ccc(OCc2ccc(C(=O)O)cc2)cc1. The maximum atomic E-state index is 13.7. The van der Waals surface area contributed by atoms with Crippen molar-refractivity contribution >= 4 is 17.6 Å². The van der Waals surface area contributed by atoms with Crippen molar-refractivity contribution in [3.05, 3.63) is 116 Å². The number of benzene rings is 3. The molecule has 0 bridgehead atoms. The van der Waals surface area contributed by atoms with Gasteiger partial charge in [-0.2, -0.15) is 0 Å². The fraction of sp³-hybridized carbons (Fsp3) is 0.233. The number of aromatic nitrogens is 2. The number of hydrogen-bond donors (Lipinski definition) is 1. The average molecular weight is 517 g/mol. The summed E-state index contributed by atoms with van der Waals surface area (Å²) >= 11 is 6.44. The molecule has 0 amide bonds. The number of halogens is 1. The van der Waals surface area contributed by atoms with Gasteiger partial charge in [-0.3, -0.25) is 9.36 Å². The zero-order chi connectivity index (χ0) is 26.4. The summed E-state index contributed by atoms with van der Waals surface area (Å²) in [5.41, 5.74) is 3.87. The first kappa shape index (κ1) is 26.2. The van der Waals surface area contributed by atoms with Crippen LogP contribution in [0.2, 0.25) is 5.02 Å². The van der Waals surface area contributed by atoms with Gasteiger partial charge in [-0.15, -0.1) is 0 Å². The molecule has 1 aromatic heterocycles. The Kier molecular flexibility index (Phi) is 8.41. The number of ether oxygens (including phenoxy) is 1. The highest BCUT2D eigenvalue weighted by molar-refractivity contribution is 6.33. The summed E-state index contributed by atoms with van der Waals surface area (Å²) in [7, 11) is 0. The third-order valence-corrected chi connectivity index (χ3v) is 6.53. The molecule has 1 heterocycles. The Bertz CT molecular complexity index is 1440. The highest BCUT2D eigenvalue weighted by atomic mass is 35.5. The van der Waals surface area contributed by atoms with Gasteiger partial charge >= 0.3 is 5.97 Å². The third kappa shape index (κ3) is 6.27. The van der Waals surface area contributed by atoms with Crippen LogP contribution in [0, 0.1) is 6.92 Å². The van der Waals surface area contributed by atoms with Crippen LogP contribution in [-0.2, 0) is 19.6 Å². The van der Waals surface area contributed by atoms with Crippen molar-refractivity contribution in [3.8, 4) is 16.9 Å². The molecule has 0 atom stereocenters. The van der Waals surface area contributed by atoms with Crippen molar-refractivity contribution in [1.82, 2.24) is 9.55 Å². The van der Waals surface area contributed by atoms with Gasteiger partial charge in [0.15, 0.2) is 0 Å². The van der Waals surface area contributed by atoms with Gasteiger partial charge in [0.1, 0.15) is 18.2 Å². The zero-order valence-corrected chi connectivity index (χ0v) is 21.7. The van der Waals surface area contributed by atoms with Crippen molar-refractivity contribution < 1.29 is 14.6 Å². The van der Waals surface area contributed by atoms with Gasteiger partial charge in [-0.1, -0.05) is 67.4 Å². The minimum absolute atomic E-state index is 0.100. The number of carboxylic acid groups (broad SMARTS) is 1. The van der Waals surface area contributed by atoms with Crippen molar-refractivity contribution in [1.29, 1.82) is 0 Å². The minimum atomic E-state index is -0.956. The first-order valence-corrected chi connectivity index (χ1v) is 12.6. The van der Waals surface area contributed by atoms with E-state index >= 15 is 0 Å². The van der Waals surface area contributed by atoms with Gasteiger partial charge in [-0.05, 0) is 54.8 Å². The molecular weight excluding hydrogens is 488 g/mol. The van der Waals surface area contributed by atoms with Crippen LogP contribution in [0.5, 0.6) is 5.75 Å². The summed E-state index contributed by atoms with van der Waals surface area (Å²) in [6.45, 7) is 4.69. The second kappa shape index (κ2) is 11.9. The molecule has 0 aliphatic rings. The number of carbonyl (C=O) groups is 1. The van der Waals surface area contributed by atoms with Crippen LogP contribution in [0.15, 0.2) is 77.6 Å². The second-order valence-electron chi connectivity index (χ2n) is 8.90. The number of unbranched alkanes of at least 4 members (excludes halogenated alkanes) is 1. The largest absolute Gasteiger partial charge is 0.489 e. The van der Waals surface area contributed by atoms with Crippen LogP contribution < -0.4 is 10.3 Å². The highest BCUT2D eigenvalue weighted by Gasteiger charge is 2.18. The quantitative estimate of drug-likeness (QED) is 0.259. The fourth-order valence-electron chi connectivity index (χ4n) is 4.16. The van der Waals surface area contributed by atoms with Crippen molar-refractivity contribution in [2.24, 2.45) is 0 Å². The van der Waals surface area contributed by atoms with Gasteiger partial charge in [0.25, 0.3) is 5.56 Å². The average Bonchev–Trinajstić information content (AvgIpc) is 2.90. The van der Waals surface area contributed by atoms with Crippen LogP contribution >= 0.6 is 11.6 Å². The van der Waals surface area contributed by atoms with Crippen LogP contribution in [0.1, 0.15) is 52.8 Å². The van der Waals surface area contributed by atoms with E-state index in [4.69, 9.17) is 26.4 Å². The van der Waals surface area contributed by atoms with E-state index in [1.165, 1.54) is 0 Å². The maximum absolute atomic E-state index is 13.7. The van der Waals surface area contributed by atoms with Gasteiger partial charge in [0, 0.05) is 17.0 Å². The summed E-state index contributed by atoms with van der Waals surface area (Å²) in [5.74, 6) is 0.497. The smallest absolute Gasteiger partial charge is 0.335 e. The molecule has 4 rings (SSSR count). The van der Waals surface area contributed by atoms with Crippen molar-refractivity contribution in [2.75, 3.05) is 0 Å². The van der Waals surface area contributed by atoms with E-state index in [9.17, 15) is 9.59 Å². The molecule has 190 valence electrons. The predicted octanol–water partition coefficient (Wildman–Crippen LogP) is 6.54.